The molecule has 0 aliphatic carbocycles. The molecule has 0 saturated carbocycles. The molecule has 0 aliphatic heterocycles. The number of aromatic nitrogens is 1. The molecule has 1 aromatic rings. The monoisotopic (exact) mass is 250 g/mol. The van der Waals surface area contributed by atoms with E-state index in [4.69, 9.17) is 4.74 Å². The topological polar surface area (TPSA) is 60.7 Å². The zero-order valence-electron chi connectivity index (χ0n) is 11.4. The van der Waals surface area contributed by atoms with Crippen molar-refractivity contribution in [1.82, 2.24) is 4.68 Å². The Labute approximate surface area is 106 Å². The third-order valence-electron chi connectivity index (χ3n) is 2.65. The summed E-state index contributed by atoms with van der Waals surface area (Å²) in [6.45, 7) is 8.79. The van der Waals surface area contributed by atoms with Gasteiger partial charge in [0, 0.05) is 12.6 Å². The van der Waals surface area contributed by atoms with Gasteiger partial charge in [-0.2, -0.15) is 5.10 Å². The Hall–Kier alpha value is -1.91. The number of nitrogens with zero attached hydrogens (tertiary/aromatic N) is 2. The molecule has 0 saturated heterocycles. The van der Waals surface area contributed by atoms with E-state index in [1.807, 2.05) is 6.92 Å². The van der Waals surface area contributed by atoms with Crippen molar-refractivity contribution in [2.75, 3.05) is 6.61 Å². The number of rotatable bonds is 4. The van der Waals surface area contributed by atoms with E-state index < -0.39 is 0 Å². The maximum Gasteiger partial charge on any atom is 0.340 e. The SMILES string of the molecule is CCOC(=O)c1cc(C)n(/N=C(/C)C(C)=O)c1C. The number of ketones is 1. The molecule has 5 nitrogen and oxygen atoms in total. The van der Waals surface area contributed by atoms with Crippen LogP contribution in [0.3, 0.4) is 0 Å². The average Bonchev–Trinajstić information content (AvgIpc) is 2.57. The van der Waals surface area contributed by atoms with Crippen LogP contribution in [-0.4, -0.2) is 28.7 Å². The molecule has 0 spiro atoms. The van der Waals surface area contributed by atoms with Crippen LogP contribution in [0.2, 0.25) is 0 Å². The zero-order chi connectivity index (χ0) is 13.9. The highest BCUT2D eigenvalue weighted by molar-refractivity contribution is 6.37. The number of hydrogen-bond acceptors (Lipinski definition) is 4. The highest BCUT2D eigenvalue weighted by Crippen LogP contribution is 2.16. The van der Waals surface area contributed by atoms with Crippen molar-refractivity contribution in [1.29, 1.82) is 0 Å². The molecule has 0 unspecified atom stereocenters. The van der Waals surface area contributed by atoms with Gasteiger partial charge in [-0.05, 0) is 33.8 Å². The highest BCUT2D eigenvalue weighted by atomic mass is 16.5. The normalized spacial score (nSPS) is 11.5. The van der Waals surface area contributed by atoms with E-state index in [0.717, 1.165) is 5.69 Å². The van der Waals surface area contributed by atoms with Crippen LogP contribution in [-0.2, 0) is 9.53 Å². The minimum absolute atomic E-state index is 0.0971. The minimum atomic E-state index is -0.368. The van der Waals surface area contributed by atoms with Gasteiger partial charge in [-0.1, -0.05) is 0 Å². The smallest absolute Gasteiger partial charge is 0.340 e. The molecule has 98 valence electrons. The Kier molecular flexibility index (Phi) is 4.42. The minimum Gasteiger partial charge on any atom is -0.462 e. The van der Waals surface area contributed by atoms with Crippen LogP contribution < -0.4 is 0 Å². The first kappa shape index (κ1) is 14.2. The molecule has 0 N–H and O–H groups in total. The molecule has 0 radical (unpaired) electrons. The van der Waals surface area contributed by atoms with Gasteiger partial charge in [0.2, 0.25) is 0 Å². The van der Waals surface area contributed by atoms with Crippen molar-refractivity contribution in [3.8, 4) is 0 Å². The van der Waals surface area contributed by atoms with Crippen molar-refractivity contribution in [2.24, 2.45) is 5.10 Å². The Balaban J connectivity index is 3.20. The molecule has 0 bridgehead atoms. The maximum absolute atomic E-state index is 11.7. The lowest BCUT2D eigenvalue weighted by Gasteiger charge is -2.04. The van der Waals surface area contributed by atoms with Crippen molar-refractivity contribution in [3.63, 3.8) is 0 Å². The van der Waals surface area contributed by atoms with Crippen molar-refractivity contribution in [2.45, 2.75) is 34.6 Å². The molecule has 5 heteroatoms. The van der Waals surface area contributed by atoms with Gasteiger partial charge in [-0.3, -0.25) is 4.79 Å². The van der Waals surface area contributed by atoms with Crippen LogP contribution >= 0.6 is 0 Å². The van der Waals surface area contributed by atoms with Gasteiger partial charge in [-0.15, -0.1) is 0 Å². The third-order valence-corrected chi connectivity index (χ3v) is 2.65. The first-order valence-corrected chi connectivity index (χ1v) is 5.81. The van der Waals surface area contributed by atoms with Gasteiger partial charge in [0.05, 0.1) is 17.9 Å². The first-order valence-electron chi connectivity index (χ1n) is 5.81. The molecule has 1 heterocycles. The molecule has 0 atom stereocenters. The van der Waals surface area contributed by atoms with E-state index in [9.17, 15) is 9.59 Å². The van der Waals surface area contributed by atoms with Crippen molar-refractivity contribution < 1.29 is 14.3 Å². The fourth-order valence-electron chi connectivity index (χ4n) is 1.54. The predicted molar refractivity (Wildman–Crippen MR) is 69.1 cm³/mol. The lowest BCUT2D eigenvalue weighted by Crippen LogP contribution is -2.10. The second-order valence-corrected chi connectivity index (χ2v) is 4.06. The number of Topliss-reactive ketones (excluding diaryl/α,β-unsaturated/α-hetero) is 1. The molecule has 0 aliphatic rings. The first-order chi connectivity index (χ1) is 8.38. The van der Waals surface area contributed by atoms with Gasteiger partial charge < -0.3 is 4.74 Å². The molecular formula is C13H18N2O3. The standard InChI is InChI=1S/C13H18N2O3/c1-6-18-13(17)12-7-8(2)15(10(12)4)14-9(3)11(5)16/h7H,6H2,1-5H3/b14-9-. The second-order valence-electron chi connectivity index (χ2n) is 4.06. The van der Waals surface area contributed by atoms with Crippen molar-refractivity contribution in [3.05, 3.63) is 23.0 Å². The van der Waals surface area contributed by atoms with E-state index in [0.29, 0.717) is 23.6 Å². The summed E-state index contributed by atoms with van der Waals surface area (Å²) in [6.07, 6.45) is 0. The highest BCUT2D eigenvalue weighted by Gasteiger charge is 2.16. The van der Waals surface area contributed by atoms with E-state index in [1.165, 1.54) is 6.92 Å². The summed E-state index contributed by atoms with van der Waals surface area (Å²) in [7, 11) is 0. The van der Waals surface area contributed by atoms with Crippen LogP contribution in [0, 0.1) is 13.8 Å². The summed E-state index contributed by atoms with van der Waals surface area (Å²) in [4.78, 5) is 22.9. The average molecular weight is 250 g/mol. The molecule has 18 heavy (non-hydrogen) atoms. The van der Waals surface area contributed by atoms with E-state index in [2.05, 4.69) is 5.10 Å². The van der Waals surface area contributed by atoms with Gasteiger partial charge >= 0.3 is 5.97 Å². The summed E-state index contributed by atoms with van der Waals surface area (Å²) in [5.41, 5.74) is 2.34. The van der Waals surface area contributed by atoms with Gasteiger partial charge in [0.1, 0.15) is 5.71 Å². The van der Waals surface area contributed by atoms with Gasteiger partial charge in [0.25, 0.3) is 0 Å². The molecular weight excluding hydrogens is 232 g/mol. The van der Waals surface area contributed by atoms with Crippen LogP contribution in [0.15, 0.2) is 11.2 Å². The second kappa shape index (κ2) is 5.62. The Morgan fingerprint density at radius 1 is 1.33 bits per heavy atom. The van der Waals surface area contributed by atoms with Crippen LogP contribution in [0.4, 0.5) is 0 Å². The lowest BCUT2D eigenvalue weighted by atomic mass is 10.2. The van der Waals surface area contributed by atoms with Crippen LogP contribution in [0.25, 0.3) is 0 Å². The van der Waals surface area contributed by atoms with Gasteiger partial charge in [-0.25, -0.2) is 9.47 Å². The number of carbonyl (C=O) groups excluding carboxylic acids is 2. The fourth-order valence-corrected chi connectivity index (χ4v) is 1.54. The third kappa shape index (κ3) is 2.85. The molecule has 0 fully saturated rings. The number of hydrogen-bond donors (Lipinski definition) is 0. The Bertz CT molecular complexity index is 513. The molecule has 0 amide bonds. The summed E-state index contributed by atoms with van der Waals surface area (Å²) < 4.78 is 6.55. The number of ether oxygens (including phenoxy) is 1. The van der Waals surface area contributed by atoms with Crippen LogP contribution in [0.1, 0.15) is 42.5 Å². The quantitative estimate of drug-likeness (QED) is 0.607. The fraction of sp³-hybridized carbons (Fsp3) is 0.462. The lowest BCUT2D eigenvalue weighted by molar-refractivity contribution is -0.111. The van der Waals surface area contributed by atoms with E-state index in [-0.39, 0.29) is 11.8 Å². The van der Waals surface area contributed by atoms with Gasteiger partial charge in [0.15, 0.2) is 5.78 Å². The Morgan fingerprint density at radius 3 is 2.44 bits per heavy atom. The largest absolute Gasteiger partial charge is 0.462 e. The van der Waals surface area contributed by atoms with Crippen molar-refractivity contribution >= 4 is 17.5 Å². The summed E-state index contributed by atoms with van der Waals surface area (Å²) >= 11 is 0. The number of carbonyl (C=O) groups is 2. The summed E-state index contributed by atoms with van der Waals surface area (Å²) in [6, 6.07) is 1.71. The summed E-state index contributed by atoms with van der Waals surface area (Å²) in [5.74, 6) is -0.465. The molecule has 1 rings (SSSR count). The van der Waals surface area contributed by atoms with E-state index >= 15 is 0 Å². The van der Waals surface area contributed by atoms with E-state index in [1.54, 1.807) is 31.5 Å². The summed E-state index contributed by atoms with van der Waals surface area (Å²) in [5, 5.41) is 4.20. The molecule has 1 aromatic heterocycles. The Morgan fingerprint density at radius 2 is 1.94 bits per heavy atom. The molecule has 0 aromatic carbocycles. The van der Waals surface area contributed by atoms with Crippen LogP contribution in [0.5, 0.6) is 0 Å². The maximum atomic E-state index is 11.7. The zero-order valence-corrected chi connectivity index (χ0v) is 11.4. The number of aryl methyl sites for hydroxylation is 1. The number of esters is 1. The predicted octanol–water partition coefficient (Wildman–Crippen LogP) is 2.09.